The minimum absolute atomic E-state index is 0.367. The number of pyridine rings is 1. The van der Waals surface area contributed by atoms with Crippen LogP contribution in [0.2, 0.25) is 0 Å². The number of urea groups is 1. The molecule has 3 aromatic heterocycles. The molecule has 3 heterocycles. The van der Waals surface area contributed by atoms with Crippen LogP contribution in [0.5, 0.6) is 0 Å². The van der Waals surface area contributed by atoms with Crippen LogP contribution < -0.4 is 10.6 Å². The molecule has 1 aromatic carbocycles. The fourth-order valence-corrected chi connectivity index (χ4v) is 3.10. The summed E-state index contributed by atoms with van der Waals surface area (Å²) in [7, 11) is 0. The van der Waals surface area contributed by atoms with Crippen LogP contribution in [0.1, 0.15) is 5.69 Å². The second kappa shape index (κ2) is 7.54. The number of hydrogen-bond donors (Lipinski definition) is 3. The van der Waals surface area contributed by atoms with Gasteiger partial charge in [-0.05, 0) is 31.2 Å². The number of alkyl halides is 3. The Morgan fingerprint density at radius 1 is 1.17 bits per heavy atom. The Morgan fingerprint density at radius 2 is 2.00 bits per heavy atom. The van der Waals surface area contributed by atoms with E-state index in [1.807, 2.05) is 35.7 Å². The van der Waals surface area contributed by atoms with Crippen LogP contribution in [0, 0.1) is 6.92 Å². The first kappa shape index (κ1) is 19.5. The molecular formula is C20H17F3N6O. The molecule has 2 amide bonds. The molecule has 3 N–H and O–H groups in total. The van der Waals surface area contributed by atoms with Crippen molar-refractivity contribution in [2.24, 2.45) is 0 Å². The van der Waals surface area contributed by atoms with E-state index in [2.05, 4.69) is 20.3 Å². The lowest BCUT2D eigenvalue weighted by molar-refractivity contribution is -0.122. The highest BCUT2D eigenvalue weighted by Gasteiger charge is 2.27. The highest BCUT2D eigenvalue weighted by Crippen LogP contribution is 2.27. The normalized spacial score (nSPS) is 11.6. The Balaban J connectivity index is 1.58. The molecule has 0 aliphatic rings. The van der Waals surface area contributed by atoms with E-state index in [0.717, 1.165) is 28.2 Å². The van der Waals surface area contributed by atoms with Crippen LogP contribution in [0.3, 0.4) is 0 Å². The fraction of sp³-hybridized carbons (Fsp3) is 0.150. The number of hydrogen-bond acceptors (Lipinski definition) is 3. The molecule has 4 rings (SSSR count). The van der Waals surface area contributed by atoms with Crippen molar-refractivity contribution in [1.29, 1.82) is 0 Å². The van der Waals surface area contributed by atoms with E-state index in [1.54, 1.807) is 36.0 Å². The van der Waals surface area contributed by atoms with Crippen molar-refractivity contribution in [3.8, 4) is 22.5 Å². The summed E-state index contributed by atoms with van der Waals surface area (Å²) in [6, 6.07) is 9.71. The number of amides is 2. The van der Waals surface area contributed by atoms with Gasteiger partial charge in [0.05, 0.1) is 23.9 Å². The molecule has 0 aliphatic heterocycles. The maximum absolute atomic E-state index is 12.2. The van der Waals surface area contributed by atoms with E-state index >= 15 is 0 Å². The first-order valence-electron chi connectivity index (χ1n) is 9.00. The minimum atomic E-state index is -4.47. The SMILES string of the molecule is Cc1[nH]cnc1-c1ccn2c(-c3cccc(NC(=O)NCC(F)(F)F)c3)cnc2c1. The average Bonchev–Trinajstić information content (AvgIpc) is 3.31. The van der Waals surface area contributed by atoms with Crippen LogP contribution in [-0.2, 0) is 0 Å². The summed E-state index contributed by atoms with van der Waals surface area (Å²) >= 11 is 0. The number of halogens is 3. The largest absolute Gasteiger partial charge is 0.405 e. The summed E-state index contributed by atoms with van der Waals surface area (Å²) in [6.45, 7) is 0.538. The smallest absolute Gasteiger partial charge is 0.348 e. The number of H-pyrrole nitrogens is 1. The van der Waals surface area contributed by atoms with Crippen LogP contribution in [0.25, 0.3) is 28.2 Å². The van der Waals surface area contributed by atoms with Crippen molar-refractivity contribution >= 4 is 17.4 Å². The monoisotopic (exact) mass is 414 g/mol. The highest BCUT2D eigenvalue weighted by atomic mass is 19.4. The van der Waals surface area contributed by atoms with Gasteiger partial charge in [-0.25, -0.2) is 14.8 Å². The van der Waals surface area contributed by atoms with E-state index in [-0.39, 0.29) is 0 Å². The minimum Gasteiger partial charge on any atom is -0.348 e. The van der Waals surface area contributed by atoms with Crippen molar-refractivity contribution in [1.82, 2.24) is 24.7 Å². The molecular weight excluding hydrogens is 397 g/mol. The molecule has 4 aromatic rings. The summed E-state index contributed by atoms with van der Waals surface area (Å²) in [6.07, 6.45) is 0.731. The van der Waals surface area contributed by atoms with Gasteiger partial charge < -0.3 is 15.6 Å². The number of aromatic amines is 1. The number of aromatic nitrogens is 4. The molecule has 154 valence electrons. The van der Waals surface area contributed by atoms with Crippen molar-refractivity contribution in [2.45, 2.75) is 13.1 Å². The Bertz CT molecular complexity index is 1210. The van der Waals surface area contributed by atoms with Gasteiger partial charge in [-0.1, -0.05) is 12.1 Å². The second-order valence-corrected chi connectivity index (χ2v) is 6.67. The summed E-state index contributed by atoms with van der Waals surface area (Å²) in [5, 5.41) is 4.19. The lowest BCUT2D eigenvalue weighted by Gasteiger charge is -2.11. The van der Waals surface area contributed by atoms with E-state index in [1.165, 1.54) is 0 Å². The van der Waals surface area contributed by atoms with E-state index in [9.17, 15) is 18.0 Å². The zero-order chi connectivity index (χ0) is 21.3. The molecule has 0 saturated heterocycles. The number of fused-ring (bicyclic) bond motifs is 1. The Morgan fingerprint density at radius 3 is 2.73 bits per heavy atom. The fourth-order valence-electron chi connectivity index (χ4n) is 3.10. The number of carbonyl (C=O) groups is 1. The molecule has 0 spiro atoms. The maximum Gasteiger partial charge on any atom is 0.405 e. The second-order valence-electron chi connectivity index (χ2n) is 6.67. The third-order valence-corrected chi connectivity index (χ3v) is 4.48. The third kappa shape index (κ3) is 4.12. The van der Waals surface area contributed by atoms with Gasteiger partial charge in [0.1, 0.15) is 12.2 Å². The quantitative estimate of drug-likeness (QED) is 0.463. The lowest BCUT2D eigenvalue weighted by atomic mass is 10.1. The number of aryl methyl sites for hydroxylation is 1. The van der Waals surface area contributed by atoms with Crippen LogP contribution in [0.15, 0.2) is 55.1 Å². The van der Waals surface area contributed by atoms with Gasteiger partial charge in [-0.3, -0.25) is 4.40 Å². The number of rotatable bonds is 4. The summed E-state index contributed by atoms with van der Waals surface area (Å²) in [4.78, 5) is 23.5. The van der Waals surface area contributed by atoms with Gasteiger partial charge in [0.2, 0.25) is 0 Å². The van der Waals surface area contributed by atoms with E-state index in [4.69, 9.17) is 0 Å². The van der Waals surface area contributed by atoms with Gasteiger partial charge in [0, 0.05) is 28.7 Å². The van der Waals surface area contributed by atoms with Crippen molar-refractivity contribution < 1.29 is 18.0 Å². The van der Waals surface area contributed by atoms with Gasteiger partial charge in [-0.2, -0.15) is 13.2 Å². The van der Waals surface area contributed by atoms with Gasteiger partial charge >= 0.3 is 12.2 Å². The van der Waals surface area contributed by atoms with Gasteiger partial charge in [0.15, 0.2) is 0 Å². The predicted octanol–water partition coefficient (Wildman–Crippen LogP) is 4.38. The highest BCUT2D eigenvalue weighted by molar-refractivity contribution is 5.90. The molecule has 0 bridgehead atoms. The van der Waals surface area contributed by atoms with Crippen LogP contribution in [0.4, 0.5) is 23.7 Å². The van der Waals surface area contributed by atoms with Crippen LogP contribution in [-0.4, -0.2) is 38.1 Å². The van der Waals surface area contributed by atoms with E-state index in [0.29, 0.717) is 11.3 Å². The molecule has 0 radical (unpaired) electrons. The van der Waals surface area contributed by atoms with Crippen molar-refractivity contribution in [3.63, 3.8) is 0 Å². The first-order valence-corrected chi connectivity index (χ1v) is 9.00. The lowest BCUT2D eigenvalue weighted by Crippen LogP contribution is -2.36. The number of benzene rings is 1. The molecule has 0 atom stereocenters. The molecule has 0 unspecified atom stereocenters. The number of anilines is 1. The molecule has 0 aliphatic carbocycles. The predicted molar refractivity (Wildman–Crippen MR) is 106 cm³/mol. The third-order valence-electron chi connectivity index (χ3n) is 4.48. The Hall–Kier alpha value is -3.82. The summed E-state index contributed by atoms with van der Waals surface area (Å²) < 4.78 is 38.6. The Labute approximate surface area is 169 Å². The topological polar surface area (TPSA) is 87.1 Å². The van der Waals surface area contributed by atoms with Crippen LogP contribution >= 0.6 is 0 Å². The molecule has 30 heavy (non-hydrogen) atoms. The summed E-state index contributed by atoms with van der Waals surface area (Å²) in [5.41, 5.74) is 5.33. The Kier molecular flexibility index (Phi) is 4.90. The zero-order valence-electron chi connectivity index (χ0n) is 15.8. The number of carbonyl (C=O) groups excluding carboxylic acids is 1. The van der Waals surface area contributed by atoms with Crippen molar-refractivity contribution in [3.05, 3.63) is 60.8 Å². The number of imidazole rings is 2. The zero-order valence-corrected chi connectivity index (χ0v) is 15.8. The molecule has 7 nitrogen and oxygen atoms in total. The molecule has 0 saturated carbocycles. The van der Waals surface area contributed by atoms with Gasteiger partial charge in [0.25, 0.3) is 0 Å². The molecule has 10 heteroatoms. The number of nitrogens with one attached hydrogen (secondary N) is 3. The van der Waals surface area contributed by atoms with E-state index < -0.39 is 18.8 Å². The molecule has 0 fully saturated rings. The first-order chi connectivity index (χ1) is 14.3. The number of nitrogens with zero attached hydrogens (tertiary/aromatic N) is 3. The average molecular weight is 414 g/mol. The van der Waals surface area contributed by atoms with Gasteiger partial charge in [-0.15, -0.1) is 0 Å². The van der Waals surface area contributed by atoms with Crippen molar-refractivity contribution in [2.75, 3.05) is 11.9 Å². The standard InChI is InChI=1S/C20H17F3N6O/c1-12-18(27-11-26-12)14-5-6-29-16(9-24-17(29)8-14)13-3-2-4-15(7-13)28-19(30)25-10-20(21,22)23/h2-9,11H,10H2,1H3,(H,26,27)(H2,25,28,30). The maximum atomic E-state index is 12.2. The summed E-state index contributed by atoms with van der Waals surface area (Å²) in [5.74, 6) is 0.